The molecule has 1 aliphatic rings. The monoisotopic (exact) mass is 574 g/mol. The van der Waals surface area contributed by atoms with Crippen molar-refractivity contribution in [3.63, 3.8) is 0 Å². The van der Waals surface area contributed by atoms with Crippen LogP contribution in [-0.4, -0.2) is 29.9 Å². The molecule has 1 aliphatic heterocycles. The van der Waals surface area contributed by atoms with E-state index in [-0.39, 0.29) is 23.3 Å². The van der Waals surface area contributed by atoms with Gasteiger partial charge in [0.1, 0.15) is 17.5 Å². The van der Waals surface area contributed by atoms with E-state index in [4.69, 9.17) is 37.4 Å². The summed E-state index contributed by atoms with van der Waals surface area (Å²) in [6.45, 7) is 9.10. The number of ether oxygens (including phenoxy) is 3. The third kappa shape index (κ3) is 5.67. The molecule has 2 aromatic carbocycles. The smallest absolute Gasteiger partial charge is 0.338 e. The highest BCUT2D eigenvalue weighted by atomic mass is 35.5. The quantitative estimate of drug-likeness (QED) is 0.358. The maximum absolute atomic E-state index is 14.0. The Labute approximate surface area is 234 Å². The molecule has 200 valence electrons. The fourth-order valence-corrected chi connectivity index (χ4v) is 5.61. The standard InChI is InChI=1S/C28H28Cl2N2O5S/c1-14(2)36-21-9-7-18(29)11-17(21)12-23-26(33)32-25(20-13-19(30)8-10-22(20)35-6)24(27(34)37-15(3)4)16(5)31-28(32)38-23/h7-15,25H,1-6H3/b23-12-/t25-/m0/s1. The Morgan fingerprint density at radius 1 is 1.05 bits per heavy atom. The largest absolute Gasteiger partial charge is 0.496 e. The molecule has 1 atom stereocenters. The first-order chi connectivity index (χ1) is 18.0. The Kier molecular flexibility index (Phi) is 8.35. The third-order valence-corrected chi connectivity index (χ3v) is 7.14. The lowest BCUT2D eigenvalue weighted by Crippen LogP contribution is -2.40. The van der Waals surface area contributed by atoms with Crippen molar-refractivity contribution in [2.75, 3.05) is 7.11 Å². The highest BCUT2D eigenvalue weighted by Crippen LogP contribution is 2.37. The first-order valence-corrected chi connectivity index (χ1v) is 13.6. The van der Waals surface area contributed by atoms with Crippen LogP contribution in [0.5, 0.6) is 11.5 Å². The van der Waals surface area contributed by atoms with E-state index in [0.29, 0.717) is 47.7 Å². The normalized spacial score (nSPS) is 15.5. The van der Waals surface area contributed by atoms with Crippen LogP contribution >= 0.6 is 34.5 Å². The van der Waals surface area contributed by atoms with Gasteiger partial charge in [0.05, 0.1) is 35.1 Å². The second-order valence-corrected chi connectivity index (χ2v) is 11.2. The predicted octanol–water partition coefficient (Wildman–Crippen LogP) is 5.29. The Morgan fingerprint density at radius 2 is 1.71 bits per heavy atom. The molecule has 7 nitrogen and oxygen atoms in total. The number of aromatic nitrogens is 1. The van der Waals surface area contributed by atoms with E-state index < -0.39 is 12.0 Å². The summed E-state index contributed by atoms with van der Waals surface area (Å²) >= 11 is 13.8. The van der Waals surface area contributed by atoms with Gasteiger partial charge in [0, 0.05) is 21.2 Å². The van der Waals surface area contributed by atoms with Crippen LogP contribution in [0.25, 0.3) is 6.08 Å². The maximum atomic E-state index is 14.0. The van der Waals surface area contributed by atoms with Crippen LogP contribution in [0, 0.1) is 0 Å². The van der Waals surface area contributed by atoms with E-state index >= 15 is 0 Å². The minimum Gasteiger partial charge on any atom is -0.496 e. The molecule has 0 saturated carbocycles. The lowest BCUT2D eigenvalue weighted by Gasteiger charge is -2.26. The summed E-state index contributed by atoms with van der Waals surface area (Å²) in [6.07, 6.45) is 1.29. The molecule has 0 N–H and O–H groups in total. The molecule has 0 unspecified atom stereocenters. The number of allylic oxidation sites excluding steroid dienone is 1. The van der Waals surface area contributed by atoms with Crippen molar-refractivity contribution in [2.45, 2.75) is 52.9 Å². The van der Waals surface area contributed by atoms with E-state index in [1.54, 1.807) is 63.2 Å². The Balaban J connectivity index is 2.00. The average Bonchev–Trinajstić information content (AvgIpc) is 3.13. The molecule has 1 aromatic heterocycles. The summed E-state index contributed by atoms with van der Waals surface area (Å²) in [5.41, 5.74) is 1.55. The van der Waals surface area contributed by atoms with Gasteiger partial charge in [-0.3, -0.25) is 9.36 Å². The summed E-state index contributed by atoms with van der Waals surface area (Å²) < 4.78 is 19.0. The number of benzene rings is 2. The molecule has 0 spiro atoms. The molecule has 0 aliphatic carbocycles. The lowest BCUT2D eigenvalue weighted by molar-refractivity contribution is -0.143. The van der Waals surface area contributed by atoms with Gasteiger partial charge in [-0.05, 0) is 77.1 Å². The number of carbonyl (C=O) groups is 1. The molecule has 3 aromatic rings. The van der Waals surface area contributed by atoms with Crippen molar-refractivity contribution in [1.82, 2.24) is 4.57 Å². The Hall–Kier alpha value is -3.07. The van der Waals surface area contributed by atoms with Gasteiger partial charge in [-0.25, -0.2) is 9.79 Å². The van der Waals surface area contributed by atoms with Gasteiger partial charge in [0.25, 0.3) is 5.56 Å². The number of carbonyl (C=O) groups excluding carboxylic acids is 1. The highest BCUT2D eigenvalue weighted by Gasteiger charge is 2.35. The van der Waals surface area contributed by atoms with Crippen molar-refractivity contribution in [2.24, 2.45) is 4.99 Å². The van der Waals surface area contributed by atoms with Crippen LogP contribution < -0.4 is 24.4 Å². The Bertz CT molecular complexity index is 1600. The molecule has 0 saturated heterocycles. The molecule has 10 heteroatoms. The van der Waals surface area contributed by atoms with E-state index in [1.807, 2.05) is 13.8 Å². The van der Waals surface area contributed by atoms with Crippen LogP contribution in [-0.2, 0) is 9.53 Å². The van der Waals surface area contributed by atoms with Crippen LogP contribution in [0.4, 0.5) is 0 Å². The summed E-state index contributed by atoms with van der Waals surface area (Å²) in [7, 11) is 1.52. The second kappa shape index (κ2) is 11.4. The number of thiazole rings is 1. The Morgan fingerprint density at radius 3 is 2.34 bits per heavy atom. The molecule has 0 bridgehead atoms. The molecule has 0 radical (unpaired) electrons. The van der Waals surface area contributed by atoms with E-state index in [1.165, 1.54) is 23.0 Å². The van der Waals surface area contributed by atoms with Crippen molar-refractivity contribution < 1.29 is 19.0 Å². The molecular formula is C28H28Cl2N2O5S. The number of halogens is 2. The summed E-state index contributed by atoms with van der Waals surface area (Å²) in [4.78, 5) is 32.3. The minimum atomic E-state index is -0.862. The van der Waals surface area contributed by atoms with Gasteiger partial charge in [-0.15, -0.1) is 0 Å². The van der Waals surface area contributed by atoms with Gasteiger partial charge < -0.3 is 14.2 Å². The number of hydrogen-bond donors (Lipinski definition) is 0. The maximum Gasteiger partial charge on any atom is 0.338 e. The minimum absolute atomic E-state index is 0.0722. The van der Waals surface area contributed by atoms with Gasteiger partial charge in [0.2, 0.25) is 0 Å². The van der Waals surface area contributed by atoms with E-state index in [9.17, 15) is 9.59 Å². The average molecular weight is 576 g/mol. The summed E-state index contributed by atoms with van der Waals surface area (Å²) in [6, 6.07) is 9.47. The molecule has 4 rings (SSSR count). The second-order valence-electron chi connectivity index (χ2n) is 9.27. The fourth-order valence-electron chi connectivity index (χ4n) is 4.21. The third-order valence-electron chi connectivity index (χ3n) is 5.69. The highest BCUT2D eigenvalue weighted by molar-refractivity contribution is 7.07. The zero-order valence-electron chi connectivity index (χ0n) is 21.9. The molecule has 0 amide bonds. The molecule has 38 heavy (non-hydrogen) atoms. The first-order valence-electron chi connectivity index (χ1n) is 12.0. The van der Waals surface area contributed by atoms with Crippen molar-refractivity contribution >= 4 is 46.6 Å². The number of fused-ring (bicyclic) bond motifs is 1. The summed E-state index contributed by atoms with van der Waals surface area (Å²) in [5, 5.41) is 0.944. The van der Waals surface area contributed by atoms with Crippen LogP contribution in [0.2, 0.25) is 10.0 Å². The zero-order valence-corrected chi connectivity index (χ0v) is 24.2. The van der Waals surface area contributed by atoms with Crippen LogP contribution in [0.15, 0.2) is 57.5 Å². The SMILES string of the molecule is COc1ccc(Cl)cc1[C@H]1C(C(=O)OC(C)C)=C(C)N=c2s/c(=C\c3cc(Cl)ccc3OC(C)C)c(=O)n21. The number of nitrogens with zero attached hydrogens (tertiary/aromatic N) is 2. The zero-order chi connectivity index (χ0) is 27.7. The topological polar surface area (TPSA) is 79.1 Å². The van der Waals surface area contributed by atoms with Gasteiger partial charge >= 0.3 is 5.97 Å². The summed E-state index contributed by atoms with van der Waals surface area (Å²) in [5.74, 6) is 0.506. The van der Waals surface area contributed by atoms with Gasteiger partial charge in [-0.2, -0.15) is 0 Å². The lowest BCUT2D eigenvalue weighted by atomic mass is 9.95. The fraction of sp³-hybridized carbons (Fsp3) is 0.321. The van der Waals surface area contributed by atoms with Gasteiger partial charge in [-0.1, -0.05) is 34.5 Å². The number of hydrogen-bond acceptors (Lipinski definition) is 7. The number of rotatable bonds is 7. The van der Waals surface area contributed by atoms with E-state index in [0.717, 1.165) is 0 Å². The molecule has 0 fully saturated rings. The molecule has 2 heterocycles. The van der Waals surface area contributed by atoms with Crippen molar-refractivity contribution in [3.05, 3.63) is 88.5 Å². The van der Waals surface area contributed by atoms with E-state index in [2.05, 4.69) is 4.99 Å². The molecular weight excluding hydrogens is 547 g/mol. The first kappa shape index (κ1) is 28.0. The predicted molar refractivity (Wildman–Crippen MR) is 150 cm³/mol. The van der Waals surface area contributed by atoms with Gasteiger partial charge in [0.15, 0.2) is 4.80 Å². The number of esters is 1. The van der Waals surface area contributed by atoms with Crippen molar-refractivity contribution in [1.29, 1.82) is 0 Å². The van der Waals surface area contributed by atoms with Crippen LogP contribution in [0.1, 0.15) is 51.8 Å². The van der Waals surface area contributed by atoms with Crippen LogP contribution in [0.3, 0.4) is 0 Å². The van der Waals surface area contributed by atoms with Crippen molar-refractivity contribution in [3.8, 4) is 11.5 Å². The number of methoxy groups -OCH3 is 1.